The Labute approximate surface area is 93.8 Å². The van der Waals surface area contributed by atoms with Crippen LogP contribution in [-0.2, 0) is 0 Å². The zero-order valence-corrected chi connectivity index (χ0v) is 9.36. The van der Waals surface area contributed by atoms with E-state index < -0.39 is 0 Å². The van der Waals surface area contributed by atoms with Gasteiger partial charge in [-0.25, -0.2) is 9.97 Å². The summed E-state index contributed by atoms with van der Waals surface area (Å²) < 4.78 is 0. The Balaban J connectivity index is 0.000000138. The number of benzene rings is 1. The fraction of sp³-hybridized carbons (Fsp3) is 0.167. The summed E-state index contributed by atoms with van der Waals surface area (Å²) >= 11 is 0. The maximum absolute atomic E-state index is 4.26. The Morgan fingerprint density at radius 3 is 2.50 bits per heavy atom. The number of aromatic amines is 2. The number of imidazole rings is 2. The molecule has 0 aliphatic carbocycles. The summed E-state index contributed by atoms with van der Waals surface area (Å²) in [4.78, 5) is 14.1. The van der Waals surface area contributed by atoms with Gasteiger partial charge in [0.15, 0.2) is 0 Å². The minimum atomic E-state index is 0.973. The predicted octanol–water partition coefficient (Wildman–Crippen LogP) is 2.59. The number of para-hydroxylation sites is 2. The van der Waals surface area contributed by atoms with Crippen LogP contribution in [0.25, 0.3) is 11.0 Å². The minimum Gasteiger partial charge on any atom is -0.349 e. The third kappa shape index (κ3) is 2.48. The Bertz CT molecular complexity index is 518. The van der Waals surface area contributed by atoms with Crippen molar-refractivity contribution in [3.63, 3.8) is 0 Å². The lowest BCUT2D eigenvalue weighted by molar-refractivity contribution is 1.17. The molecular formula is C12H14N4. The van der Waals surface area contributed by atoms with Gasteiger partial charge in [0.2, 0.25) is 0 Å². The smallest absolute Gasteiger partial charge is 0.104 e. The zero-order chi connectivity index (χ0) is 11.4. The molecule has 0 aliphatic rings. The van der Waals surface area contributed by atoms with Crippen molar-refractivity contribution < 1.29 is 0 Å². The van der Waals surface area contributed by atoms with Crippen LogP contribution in [0.15, 0.2) is 36.8 Å². The second kappa shape index (κ2) is 4.61. The summed E-state index contributed by atoms with van der Waals surface area (Å²) in [6, 6.07) is 8.01. The number of hydrogen-bond donors (Lipinski definition) is 2. The SMILES string of the molecule is Cc1cnc[nH]1.Cc1nc2ccccc2[nH]1. The summed E-state index contributed by atoms with van der Waals surface area (Å²) in [5.41, 5.74) is 3.26. The molecule has 0 amide bonds. The third-order valence-corrected chi connectivity index (χ3v) is 2.14. The van der Waals surface area contributed by atoms with Crippen LogP contribution in [0.1, 0.15) is 11.5 Å². The van der Waals surface area contributed by atoms with Crippen LogP contribution in [0, 0.1) is 13.8 Å². The first-order chi connectivity index (χ1) is 7.75. The minimum absolute atomic E-state index is 0.973. The molecule has 0 radical (unpaired) electrons. The first kappa shape index (κ1) is 10.4. The van der Waals surface area contributed by atoms with E-state index in [4.69, 9.17) is 0 Å². The Morgan fingerprint density at radius 2 is 1.94 bits per heavy atom. The molecule has 82 valence electrons. The van der Waals surface area contributed by atoms with Crippen molar-refractivity contribution in [2.24, 2.45) is 0 Å². The number of H-pyrrole nitrogens is 2. The van der Waals surface area contributed by atoms with Gasteiger partial charge in [-0.05, 0) is 26.0 Å². The normalized spacial score (nSPS) is 9.88. The van der Waals surface area contributed by atoms with Gasteiger partial charge in [-0.1, -0.05) is 12.1 Å². The Morgan fingerprint density at radius 1 is 1.12 bits per heavy atom. The van der Waals surface area contributed by atoms with E-state index in [1.54, 1.807) is 12.5 Å². The van der Waals surface area contributed by atoms with Gasteiger partial charge >= 0.3 is 0 Å². The fourth-order valence-corrected chi connectivity index (χ4v) is 1.41. The number of fused-ring (bicyclic) bond motifs is 1. The van der Waals surface area contributed by atoms with Crippen molar-refractivity contribution in [2.45, 2.75) is 13.8 Å². The van der Waals surface area contributed by atoms with Crippen molar-refractivity contribution in [2.75, 3.05) is 0 Å². The molecule has 0 unspecified atom stereocenters. The maximum Gasteiger partial charge on any atom is 0.104 e. The van der Waals surface area contributed by atoms with Crippen LogP contribution in [0.5, 0.6) is 0 Å². The summed E-state index contributed by atoms with van der Waals surface area (Å²) in [7, 11) is 0. The van der Waals surface area contributed by atoms with Gasteiger partial charge < -0.3 is 9.97 Å². The topological polar surface area (TPSA) is 57.4 Å². The Hall–Kier alpha value is -2.10. The molecule has 2 N–H and O–H groups in total. The number of aromatic nitrogens is 4. The standard InChI is InChI=1S/C8H8N2.C4H6N2/c1-6-9-7-4-2-3-5-8(7)10-6;1-4-2-5-3-6-4/h2-5H,1H3,(H,9,10);2-3H,1H3,(H,5,6). The molecule has 0 atom stereocenters. The number of nitrogens with zero attached hydrogens (tertiary/aromatic N) is 2. The molecule has 4 nitrogen and oxygen atoms in total. The molecule has 16 heavy (non-hydrogen) atoms. The highest BCUT2D eigenvalue weighted by Crippen LogP contribution is 2.08. The van der Waals surface area contributed by atoms with Crippen LogP contribution in [0.3, 0.4) is 0 Å². The van der Waals surface area contributed by atoms with Gasteiger partial charge in [0.1, 0.15) is 5.82 Å². The van der Waals surface area contributed by atoms with Gasteiger partial charge in [0.25, 0.3) is 0 Å². The zero-order valence-electron chi connectivity index (χ0n) is 9.36. The maximum atomic E-state index is 4.26. The van der Waals surface area contributed by atoms with Gasteiger partial charge in [-0.3, -0.25) is 0 Å². The van der Waals surface area contributed by atoms with Gasteiger partial charge in [0.05, 0.1) is 17.4 Å². The lowest BCUT2D eigenvalue weighted by Crippen LogP contribution is -1.68. The van der Waals surface area contributed by atoms with E-state index in [1.165, 1.54) is 0 Å². The van der Waals surface area contributed by atoms with E-state index in [0.29, 0.717) is 0 Å². The highest BCUT2D eigenvalue weighted by Gasteiger charge is 1.93. The third-order valence-electron chi connectivity index (χ3n) is 2.14. The van der Waals surface area contributed by atoms with Gasteiger partial charge in [-0.2, -0.15) is 0 Å². The highest BCUT2D eigenvalue weighted by molar-refractivity contribution is 5.74. The number of rotatable bonds is 0. The first-order valence-electron chi connectivity index (χ1n) is 5.12. The first-order valence-corrected chi connectivity index (χ1v) is 5.12. The number of aryl methyl sites for hydroxylation is 2. The van der Waals surface area contributed by atoms with Crippen LogP contribution in [0.4, 0.5) is 0 Å². The summed E-state index contributed by atoms with van der Waals surface area (Å²) in [5.74, 6) is 0.973. The average Bonchev–Trinajstić information content (AvgIpc) is 2.86. The lowest BCUT2D eigenvalue weighted by Gasteiger charge is -1.81. The van der Waals surface area contributed by atoms with Crippen LogP contribution >= 0.6 is 0 Å². The predicted molar refractivity (Wildman–Crippen MR) is 64.2 cm³/mol. The molecule has 0 saturated heterocycles. The lowest BCUT2D eigenvalue weighted by atomic mass is 10.3. The van der Waals surface area contributed by atoms with Crippen LogP contribution < -0.4 is 0 Å². The van der Waals surface area contributed by atoms with E-state index in [2.05, 4.69) is 19.9 Å². The van der Waals surface area contributed by atoms with Gasteiger partial charge in [0, 0.05) is 11.9 Å². The van der Waals surface area contributed by atoms with Crippen LogP contribution in [0.2, 0.25) is 0 Å². The van der Waals surface area contributed by atoms with Gasteiger partial charge in [-0.15, -0.1) is 0 Å². The molecule has 2 aromatic heterocycles. The molecule has 3 aromatic rings. The van der Waals surface area contributed by atoms with Crippen molar-refractivity contribution in [1.29, 1.82) is 0 Å². The van der Waals surface area contributed by atoms with E-state index in [1.807, 2.05) is 38.1 Å². The van der Waals surface area contributed by atoms with Crippen molar-refractivity contribution in [3.8, 4) is 0 Å². The van der Waals surface area contributed by atoms with E-state index in [0.717, 1.165) is 22.6 Å². The molecule has 2 heterocycles. The van der Waals surface area contributed by atoms with E-state index >= 15 is 0 Å². The number of hydrogen-bond acceptors (Lipinski definition) is 2. The highest BCUT2D eigenvalue weighted by atomic mass is 14.9. The molecule has 0 bridgehead atoms. The van der Waals surface area contributed by atoms with E-state index in [-0.39, 0.29) is 0 Å². The molecule has 0 saturated carbocycles. The molecule has 4 heteroatoms. The summed E-state index contributed by atoms with van der Waals surface area (Å²) in [6.45, 7) is 3.92. The summed E-state index contributed by atoms with van der Waals surface area (Å²) in [6.07, 6.45) is 3.44. The van der Waals surface area contributed by atoms with Crippen molar-refractivity contribution >= 4 is 11.0 Å². The molecular weight excluding hydrogens is 200 g/mol. The monoisotopic (exact) mass is 214 g/mol. The molecule has 0 aliphatic heterocycles. The average molecular weight is 214 g/mol. The molecule has 1 aromatic carbocycles. The fourth-order valence-electron chi connectivity index (χ4n) is 1.41. The number of nitrogens with one attached hydrogen (secondary N) is 2. The quantitative estimate of drug-likeness (QED) is 0.604. The van der Waals surface area contributed by atoms with Crippen LogP contribution in [-0.4, -0.2) is 19.9 Å². The summed E-state index contributed by atoms with van der Waals surface area (Å²) in [5, 5.41) is 0. The van der Waals surface area contributed by atoms with E-state index in [9.17, 15) is 0 Å². The molecule has 3 rings (SSSR count). The molecule has 0 fully saturated rings. The van der Waals surface area contributed by atoms with Crippen molar-refractivity contribution in [3.05, 3.63) is 48.3 Å². The second-order valence-electron chi connectivity index (χ2n) is 3.57. The largest absolute Gasteiger partial charge is 0.349 e. The molecule has 0 spiro atoms. The Kier molecular flexibility index (Phi) is 3.00. The second-order valence-corrected chi connectivity index (χ2v) is 3.57. The van der Waals surface area contributed by atoms with Crippen molar-refractivity contribution in [1.82, 2.24) is 19.9 Å².